The highest BCUT2D eigenvalue weighted by atomic mass is 35.5. The lowest BCUT2D eigenvalue weighted by molar-refractivity contribution is 0.565. The Morgan fingerprint density at radius 1 is 1.12 bits per heavy atom. The molecule has 4 nitrogen and oxygen atoms in total. The van der Waals surface area contributed by atoms with E-state index in [1.165, 1.54) is 10.6 Å². The van der Waals surface area contributed by atoms with Gasteiger partial charge in [0.1, 0.15) is 0 Å². The van der Waals surface area contributed by atoms with Crippen molar-refractivity contribution in [3.8, 4) is 11.1 Å². The molecule has 0 aliphatic rings. The maximum absolute atomic E-state index is 12.7. The predicted molar refractivity (Wildman–Crippen MR) is 96.9 cm³/mol. The fraction of sp³-hybridized carbons (Fsp3) is 0.158. The van der Waals surface area contributed by atoms with Gasteiger partial charge in [-0.3, -0.25) is 4.79 Å². The summed E-state index contributed by atoms with van der Waals surface area (Å²) in [7, 11) is 1.67. The lowest BCUT2D eigenvalue weighted by Gasteiger charge is -2.15. The summed E-state index contributed by atoms with van der Waals surface area (Å²) in [5.41, 5.74) is 3.84. The van der Waals surface area contributed by atoms with E-state index in [1.54, 1.807) is 13.1 Å². The van der Waals surface area contributed by atoms with Gasteiger partial charge in [0.25, 0.3) is 5.56 Å². The van der Waals surface area contributed by atoms with Gasteiger partial charge in [-0.05, 0) is 43.2 Å². The molecule has 0 unspecified atom stereocenters. The molecule has 1 aromatic heterocycles. The summed E-state index contributed by atoms with van der Waals surface area (Å²) >= 11 is 6.35. The first-order chi connectivity index (χ1) is 11.5. The van der Waals surface area contributed by atoms with Gasteiger partial charge in [0.2, 0.25) is 6.08 Å². The minimum atomic E-state index is -0.357. The molecule has 120 valence electrons. The van der Waals surface area contributed by atoms with E-state index in [4.69, 9.17) is 11.6 Å². The second-order valence-corrected chi connectivity index (χ2v) is 6.13. The van der Waals surface area contributed by atoms with Crippen LogP contribution in [0.3, 0.4) is 0 Å². The average molecular weight is 339 g/mol. The quantitative estimate of drug-likeness (QED) is 0.512. The van der Waals surface area contributed by atoms with Crippen molar-refractivity contribution in [1.82, 2.24) is 4.57 Å². The van der Waals surface area contributed by atoms with Crippen LogP contribution < -0.4 is 5.56 Å². The van der Waals surface area contributed by atoms with E-state index in [1.807, 2.05) is 44.2 Å². The van der Waals surface area contributed by atoms with Gasteiger partial charge in [0.05, 0.1) is 5.52 Å². The molecule has 0 bridgehead atoms. The molecule has 0 fully saturated rings. The Kier molecular flexibility index (Phi) is 4.10. The van der Waals surface area contributed by atoms with Crippen LogP contribution in [0, 0.1) is 13.8 Å². The minimum Gasteiger partial charge on any atom is -0.309 e. The highest BCUT2D eigenvalue weighted by molar-refractivity contribution is 6.34. The summed E-state index contributed by atoms with van der Waals surface area (Å²) in [6, 6.07) is 11.2. The van der Waals surface area contributed by atoms with E-state index in [0.29, 0.717) is 16.1 Å². The lowest BCUT2D eigenvalue weighted by Crippen LogP contribution is -2.18. The summed E-state index contributed by atoms with van der Waals surface area (Å²) in [5, 5.41) is 1.31. The number of hydrogen-bond donors (Lipinski definition) is 0. The van der Waals surface area contributed by atoms with Gasteiger partial charge in [-0.1, -0.05) is 29.8 Å². The zero-order valence-electron chi connectivity index (χ0n) is 13.6. The minimum absolute atomic E-state index is 0.0522. The van der Waals surface area contributed by atoms with Crippen LogP contribution in [0.25, 0.3) is 22.0 Å². The molecule has 2 aromatic carbocycles. The van der Waals surface area contributed by atoms with Gasteiger partial charge in [-0.25, -0.2) is 4.79 Å². The molecule has 0 radical (unpaired) electrons. The molecule has 3 aromatic rings. The lowest BCUT2D eigenvalue weighted by atomic mass is 9.96. The highest BCUT2D eigenvalue weighted by Gasteiger charge is 2.19. The van der Waals surface area contributed by atoms with Crippen LogP contribution in [0.5, 0.6) is 0 Å². The summed E-state index contributed by atoms with van der Waals surface area (Å²) in [4.78, 5) is 27.3. The monoisotopic (exact) mass is 338 g/mol. The zero-order chi connectivity index (χ0) is 17.4. The number of isocyanates is 1. The first kappa shape index (κ1) is 16.2. The van der Waals surface area contributed by atoms with Gasteiger partial charge in [0.15, 0.2) is 5.69 Å². The van der Waals surface area contributed by atoms with Crippen LogP contribution in [-0.4, -0.2) is 10.6 Å². The second kappa shape index (κ2) is 6.08. The fourth-order valence-electron chi connectivity index (χ4n) is 2.87. The Labute approximate surface area is 144 Å². The van der Waals surface area contributed by atoms with Crippen LogP contribution in [0.1, 0.15) is 11.1 Å². The standard InChI is InChI=1S/C19H15ClN2O2/c1-11-8-14-16(9-12(11)2)22(3)19(24)18(21-10-23)17(14)13-6-4-5-7-15(13)20/h4-9H,1-3H3. The van der Waals surface area contributed by atoms with Gasteiger partial charge < -0.3 is 4.57 Å². The first-order valence-electron chi connectivity index (χ1n) is 7.42. The van der Waals surface area contributed by atoms with Crippen molar-refractivity contribution in [1.29, 1.82) is 0 Å². The molecule has 0 amide bonds. The van der Waals surface area contributed by atoms with E-state index >= 15 is 0 Å². The topological polar surface area (TPSA) is 51.4 Å². The van der Waals surface area contributed by atoms with E-state index in [2.05, 4.69) is 4.99 Å². The smallest absolute Gasteiger partial charge is 0.278 e. The Balaban J connectivity index is 2.63. The number of benzene rings is 2. The number of pyridine rings is 1. The molecule has 0 saturated carbocycles. The van der Waals surface area contributed by atoms with Crippen molar-refractivity contribution < 1.29 is 4.79 Å². The molecule has 3 rings (SSSR count). The maximum Gasteiger partial charge on any atom is 0.278 e. The van der Waals surface area contributed by atoms with E-state index < -0.39 is 0 Å². The number of halogens is 1. The molecule has 1 heterocycles. The third-order valence-corrected chi connectivity index (χ3v) is 4.62. The van der Waals surface area contributed by atoms with Crippen LogP contribution in [0.2, 0.25) is 5.02 Å². The molecule has 0 atom stereocenters. The van der Waals surface area contributed by atoms with Crippen LogP contribution in [0.4, 0.5) is 5.69 Å². The number of rotatable bonds is 2. The number of carbonyl (C=O) groups excluding carboxylic acids is 1. The zero-order valence-corrected chi connectivity index (χ0v) is 14.3. The van der Waals surface area contributed by atoms with Crippen molar-refractivity contribution >= 4 is 34.3 Å². The first-order valence-corrected chi connectivity index (χ1v) is 7.80. The van der Waals surface area contributed by atoms with Crippen molar-refractivity contribution in [2.75, 3.05) is 0 Å². The van der Waals surface area contributed by atoms with E-state index in [-0.39, 0.29) is 11.2 Å². The van der Waals surface area contributed by atoms with E-state index in [9.17, 15) is 9.59 Å². The van der Waals surface area contributed by atoms with Gasteiger partial charge >= 0.3 is 0 Å². The summed E-state index contributed by atoms with van der Waals surface area (Å²) in [6.07, 6.45) is 1.49. The Morgan fingerprint density at radius 2 is 1.79 bits per heavy atom. The van der Waals surface area contributed by atoms with E-state index in [0.717, 1.165) is 22.0 Å². The van der Waals surface area contributed by atoms with Crippen molar-refractivity contribution in [3.05, 3.63) is 62.9 Å². The number of aromatic nitrogens is 1. The number of hydrogen-bond acceptors (Lipinski definition) is 3. The third kappa shape index (κ3) is 2.46. The molecule has 0 aliphatic heterocycles. The number of aryl methyl sites for hydroxylation is 3. The normalized spacial score (nSPS) is 10.7. The SMILES string of the molecule is Cc1cc2c(-c3ccccc3Cl)c(N=C=O)c(=O)n(C)c2cc1C. The molecule has 5 heteroatoms. The predicted octanol–water partition coefficient (Wildman–Crippen LogP) is 4.44. The fourth-order valence-corrected chi connectivity index (χ4v) is 3.10. The number of aliphatic imine (C=N–C) groups is 1. The highest BCUT2D eigenvalue weighted by Crippen LogP contribution is 2.38. The van der Waals surface area contributed by atoms with Crippen molar-refractivity contribution in [2.45, 2.75) is 13.8 Å². The van der Waals surface area contributed by atoms with Gasteiger partial charge in [0, 0.05) is 28.6 Å². The Hall–Kier alpha value is -2.68. The van der Waals surface area contributed by atoms with Gasteiger partial charge in [-0.15, -0.1) is 0 Å². The molecule has 0 spiro atoms. The second-order valence-electron chi connectivity index (χ2n) is 5.72. The molecular weight excluding hydrogens is 324 g/mol. The van der Waals surface area contributed by atoms with Crippen LogP contribution >= 0.6 is 11.6 Å². The van der Waals surface area contributed by atoms with Crippen LogP contribution in [-0.2, 0) is 11.8 Å². The summed E-state index contributed by atoms with van der Waals surface area (Å²) < 4.78 is 1.50. The molecular formula is C19H15ClN2O2. The van der Waals surface area contributed by atoms with Crippen molar-refractivity contribution in [2.24, 2.45) is 12.0 Å². The summed E-state index contributed by atoms with van der Waals surface area (Å²) in [6.45, 7) is 3.99. The van der Waals surface area contributed by atoms with Crippen molar-refractivity contribution in [3.63, 3.8) is 0 Å². The molecule has 0 aliphatic carbocycles. The molecule has 24 heavy (non-hydrogen) atoms. The Bertz CT molecular complexity index is 1080. The molecule has 0 N–H and O–H groups in total. The van der Waals surface area contributed by atoms with Gasteiger partial charge in [-0.2, -0.15) is 4.99 Å². The Morgan fingerprint density at radius 3 is 2.46 bits per heavy atom. The number of nitrogens with zero attached hydrogens (tertiary/aromatic N) is 2. The van der Waals surface area contributed by atoms with Crippen LogP contribution in [0.15, 0.2) is 46.2 Å². The maximum atomic E-state index is 12.7. The number of fused-ring (bicyclic) bond motifs is 1. The largest absolute Gasteiger partial charge is 0.309 e. The third-order valence-electron chi connectivity index (χ3n) is 4.29. The molecule has 0 saturated heterocycles. The average Bonchev–Trinajstić information content (AvgIpc) is 2.56. The summed E-state index contributed by atoms with van der Waals surface area (Å²) in [5.74, 6) is 0.